The number of benzene rings is 2. The van der Waals surface area contributed by atoms with Crippen LogP contribution in [0.15, 0.2) is 54.6 Å². The Kier molecular flexibility index (Phi) is 6.07. The molecule has 1 aliphatic heterocycles. The zero-order chi connectivity index (χ0) is 19.4. The molecule has 1 N–H and O–H groups in total. The number of nitrogens with one attached hydrogen (secondary N) is 1. The van der Waals surface area contributed by atoms with Crippen LogP contribution in [-0.2, 0) is 14.3 Å². The van der Waals surface area contributed by atoms with Crippen molar-refractivity contribution in [3.8, 4) is 11.1 Å². The van der Waals surface area contributed by atoms with E-state index in [1.807, 2.05) is 37.3 Å². The lowest BCUT2D eigenvalue weighted by molar-refractivity contribution is -0.127. The number of Topliss-reactive ketones (excluding diaryl/α,β-unsaturated/α-hetero) is 1. The van der Waals surface area contributed by atoms with Gasteiger partial charge >= 0.3 is 0 Å². The number of carbonyl (C=O) groups excluding carboxylic acids is 2. The summed E-state index contributed by atoms with van der Waals surface area (Å²) in [5.41, 5.74) is 3.18. The minimum absolute atomic E-state index is 0.0582. The fourth-order valence-electron chi connectivity index (χ4n) is 3.54. The van der Waals surface area contributed by atoms with Gasteiger partial charge < -0.3 is 10.1 Å². The quantitative estimate of drug-likeness (QED) is 0.843. The maximum atomic E-state index is 13.1. The van der Waals surface area contributed by atoms with Crippen molar-refractivity contribution in [2.45, 2.75) is 45.3 Å². The monoisotopic (exact) mass is 365 g/mol. The number of ether oxygens (including phenoxy) is 1. The number of hydrogen-bond acceptors (Lipinski definition) is 3. The van der Waals surface area contributed by atoms with E-state index in [0.717, 1.165) is 23.1 Å². The average molecular weight is 365 g/mol. The van der Waals surface area contributed by atoms with Gasteiger partial charge in [0.05, 0.1) is 12.0 Å². The summed E-state index contributed by atoms with van der Waals surface area (Å²) >= 11 is 0. The molecule has 1 saturated heterocycles. The highest BCUT2D eigenvalue weighted by atomic mass is 16.5. The van der Waals surface area contributed by atoms with Crippen LogP contribution in [0.1, 0.15) is 38.7 Å². The minimum atomic E-state index is -0.551. The van der Waals surface area contributed by atoms with Crippen molar-refractivity contribution in [1.82, 2.24) is 5.32 Å². The van der Waals surface area contributed by atoms with Crippen LogP contribution >= 0.6 is 0 Å². The predicted octanol–water partition coefficient (Wildman–Crippen LogP) is 3.96. The molecule has 4 nitrogen and oxygen atoms in total. The van der Waals surface area contributed by atoms with Crippen LogP contribution in [0.2, 0.25) is 0 Å². The summed E-state index contributed by atoms with van der Waals surface area (Å²) in [6.45, 7) is 6.11. The van der Waals surface area contributed by atoms with Crippen molar-refractivity contribution in [3.63, 3.8) is 0 Å². The zero-order valence-electron chi connectivity index (χ0n) is 16.1. The summed E-state index contributed by atoms with van der Waals surface area (Å²) in [6.07, 6.45) is 0.442. The van der Waals surface area contributed by atoms with Crippen LogP contribution < -0.4 is 5.32 Å². The van der Waals surface area contributed by atoms with Gasteiger partial charge in [-0.3, -0.25) is 9.59 Å². The van der Waals surface area contributed by atoms with E-state index in [1.165, 1.54) is 0 Å². The van der Waals surface area contributed by atoms with E-state index in [2.05, 4.69) is 43.4 Å². The highest BCUT2D eigenvalue weighted by Gasteiger charge is 2.35. The Bertz CT molecular complexity index is 800. The van der Waals surface area contributed by atoms with E-state index in [0.29, 0.717) is 5.92 Å². The SMILES string of the molecule is CC(C)C[C@H](C(=O)N[C@H]1C(=O)COC1C)c1cccc(-c2ccccc2)c1. The van der Waals surface area contributed by atoms with Gasteiger partial charge in [-0.1, -0.05) is 68.4 Å². The third-order valence-corrected chi connectivity index (χ3v) is 5.02. The maximum absolute atomic E-state index is 13.1. The first kappa shape index (κ1) is 19.3. The summed E-state index contributed by atoms with van der Waals surface area (Å²) in [6, 6.07) is 17.7. The molecule has 0 spiro atoms. The summed E-state index contributed by atoms with van der Waals surface area (Å²) in [4.78, 5) is 25.1. The lowest BCUT2D eigenvalue weighted by atomic mass is 9.87. The normalized spacial score (nSPS) is 20.7. The lowest BCUT2D eigenvalue weighted by Gasteiger charge is -2.23. The first-order chi connectivity index (χ1) is 13.0. The van der Waals surface area contributed by atoms with E-state index in [4.69, 9.17) is 4.74 Å². The molecular weight excluding hydrogens is 338 g/mol. The number of amides is 1. The first-order valence-corrected chi connectivity index (χ1v) is 9.55. The molecule has 0 bridgehead atoms. The summed E-state index contributed by atoms with van der Waals surface area (Å²) < 4.78 is 5.36. The second-order valence-electron chi connectivity index (χ2n) is 7.64. The van der Waals surface area contributed by atoms with E-state index < -0.39 is 6.04 Å². The topological polar surface area (TPSA) is 55.4 Å². The van der Waals surface area contributed by atoms with E-state index >= 15 is 0 Å². The first-order valence-electron chi connectivity index (χ1n) is 9.55. The van der Waals surface area contributed by atoms with Gasteiger partial charge in [-0.05, 0) is 36.0 Å². The fraction of sp³-hybridized carbons (Fsp3) is 0.391. The van der Waals surface area contributed by atoms with E-state index in [-0.39, 0.29) is 30.3 Å². The van der Waals surface area contributed by atoms with Gasteiger partial charge in [-0.25, -0.2) is 0 Å². The molecule has 2 aromatic rings. The van der Waals surface area contributed by atoms with Crippen molar-refractivity contribution in [1.29, 1.82) is 0 Å². The van der Waals surface area contributed by atoms with Crippen molar-refractivity contribution in [2.24, 2.45) is 5.92 Å². The van der Waals surface area contributed by atoms with E-state index in [1.54, 1.807) is 0 Å². The molecule has 1 heterocycles. The minimum Gasteiger partial charge on any atom is -0.368 e. The molecule has 1 unspecified atom stereocenters. The molecule has 27 heavy (non-hydrogen) atoms. The fourth-order valence-corrected chi connectivity index (χ4v) is 3.54. The second-order valence-corrected chi connectivity index (χ2v) is 7.64. The third-order valence-electron chi connectivity index (χ3n) is 5.02. The summed E-state index contributed by atoms with van der Waals surface area (Å²) in [5.74, 6) is -0.106. The van der Waals surface area contributed by atoms with Crippen LogP contribution in [0, 0.1) is 5.92 Å². The predicted molar refractivity (Wildman–Crippen MR) is 106 cm³/mol. The molecule has 4 heteroatoms. The molecular formula is C23H27NO3. The average Bonchev–Trinajstić information content (AvgIpc) is 2.98. The van der Waals surface area contributed by atoms with Gasteiger partial charge in [0.2, 0.25) is 5.91 Å². The second kappa shape index (κ2) is 8.49. The molecule has 1 aliphatic rings. The van der Waals surface area contributed by atoms with Gasteiger partial charge in [-0.15, -0.1) is 0 Å². The third kappa shape index (κ3) is 4.64. The van der Waals surface area contributed by atoms with Gasteiger partial charge in [0.15, 0.2) is 5.78 Å². The number of ketones is 1. The summed E-state index contributed by atoms with van der Waals surface area (Å²) in [7, 11) is 0. The summed E-state index contributed by atoms with van der Waals surface area (Å²) in [5, 5.41) is 2.93. The van der Waals surface area contributed by atoms with Crippen molar-refractivity contribution >= 4 is 11.7 Å². The molecule has 0 aromatic heterocycles. The smallest absolute Gasteiger partial charge is 0.228 e. The van der Waals surface area contributed by atoms with Gasteiger partial charge in [0.25, 0.3) is 0 Å². The molecule has 0 aliphatic carbocycles. The zero-order valence-corrected chi connectivity index (χ0v) is 16.1. The Morgan fingerprint density at radius 1 is 1.11 bits per heavy atom. The van der Waals surface area contributed by atoms with Gasteiger partial charge in [0, 0.05) is 0 Å². The Labute approximate surface area is 160 Å². The van der Waals surface area contributed by atoms with Crippen LogP contribution in [0.4, 0.5) is 0 Å². The Morgan fingerprint density at radius 3 is 2.44 bits per heavy atom. The number of carbonyl (C=O) groups is 2. The molecule has 0 saturated carbocycles. The van der Waals surface area contributed by atoms with Crippen molar-refractivity contribution in [2.75, 3.05) is 6.61 Å². The van der Waals surface area contributed by atoms with Crippen molar-refractivity contribution < 1.29 is 14.3 Å². The Balaban J connectivity index is 1.86. The lowest BCUT2D eigenvalue weighted by Crippen LogP contribution is -2.45. The molecule has 142 valence electrons. The highest BCUT2D eigenvalue weighted by molar-refractivity contribution is 5.93. The largest absolute Gasteiger partial charge is 0.368 e. The highest BCUT2D eigenvalue weighted by Crippen LogP contribution is 2.29. The molecule has 1 amide bonds. The number of rotatable bonds is 6. The molecule has 2 aromatic carbocycles. The van der Waals surface area contributed by atoms with Crippen LogP contribution in [0.5, 0.6) is 0 Å². The standard InChI is InChI=1S/C23H27NO3/c1-15(2)12-20(23(26)24-22-16(3)27-14-21(22)25)19-11-7-10-18(13-19)17-8-5-4-6-9-17/h4-11,13,15-16,20,22H,12,14H2,1-3H3,(H,24,26)/t16?,20-,22+/m0/s1. The van der Waals surface area contributed by atoms with Crippen LogP contribution in [0.25, 0.3) is 11.1 Å². The van der Waals surface area contributed by atoms with Crippen LogP contribution in [-0.4, -0.2) is 30.4 Å². The maximum Gasteiger partial charge on any atom is 0.228 e. The van der Waals surface area contributed by atoms with E-state index in [9.17, 15) is 9.59 Å². The van der Waals surface area contributed by atoms with Crippen LogP contribution in [0.3, 0.4) is 0 Å². The Hall–Kier alpha value is -2.46. The van der Waals surface area contributed by atoms with Gasteiger partial charge in [-0.2, -0.15) is 0 Å². The van der Waals surface area contributed by atoms with Gasteiger partial charge in [0.1, 0.15) is 12.6 Å². The molecule has 3 atom stereocenters. The van der Waals surface area contributed by atoms with Crippen molar-refractivity contribution in [3.05, 3.63) is 60.2 Å². The molecule has 1 fully saturated rings. The number of hydrogen-bond donors (Lipinski definition) is 1. The molecule has 3 rings (SSSR count). The Morgan fingerprint density at radius 2 is 1.81 bits per heavy atom. The molecule has 0 radical (unpaired) electrons.